The summed E-state index contributed by atoms with van der Waals surface area (Å²) in [6.07, 6.45) is 1.58. The smallest absolute Gasteiger partial charge is 0.311 e. The Balaban J connectivity index is 2.15. The molecule has 0 saturated heterocycles. The van der Waals surface area contributed by atoms with Crippen molar-refractivity contribution in [2.75, 3.05) is 6.54 Å². The average molecular weight is 247 g/mol. The molecule has 18 heavy (non-hydrogen) atoms. The van der Waals surface area contributed by atoms with Crippen LogP contribution in [0.5, 0.6) is 5.75 Å². The van der Waals surface area contributed by atoms with Crippen molar-refractivity contribution in [1.29, 1.82) is 5.26 Å². The van der Waals surface area contributed by atoms with Crippen LogP contribution >= 0.6 is 0 Å². The van der Waals surface area contributed by atoms with Crippen LogP contribution in [0.3, 0.4) is 0 Å². The highest BCUT2D eigenvalue weighted by atomic mass is 16.6. The lowest BCUT2D eigenvalue weighted by Gasteiger charge is -2.34. The highest BCUT2D eigenvalue weighted by Crippen LogP contribution is 2.35. The van der Waals surface area contributed by atoms with E-state index in [-0.39, 0.29) is 17.5 Å². The molecule has 1 aromatic rings. The zero-order valence-corrected chi connectivity index (χ0v) is 9.70. The Morgan fingerprint density at radius 1 is 1.56 bits per heavy atom. The summed E-state index contributed by atoms with van der Waals surface area (Å²) in [4.78, 5) is 10.3. The number of nitro benzene ring substituents is 1. The van der Waals surface area contributed by atoms with Gasteiger partial charge in [0.15, 0.2) is 5.75 Å². The molecule has 0 aliphatic heterocycles. The molecule has 0 amide bonds. The zero-order chi connectivity index (χ0) is 13.1. The van der Waals surface area contributed by atoms with Crippen LogP contribution < -0.4 is 10.5 Å². The Hall–Kier alpha value is -2.13. The summed E-state index contributed by atoms with van der Waals surface area (Å²) < 4.78 is 5.57. The average Bonchev–Trinajstić information content (AvgIpc) is 2.32. The van der Waals surface area contributed by atoms with Gasteiger partial charge in [-0.3, -0.25) is 10.1 Å². The Morgan fingerprint density at radius 2 is 2.28 bits per heavy atom. The van der Waals surface area contributed by atoms with Crippen LogP contribution in [-0.2, 0) is 0 Å². The Labute approximate surface area is 104 Å². The van der Waals surface area contributed by atoms with Crippen LogP contribution in [-0.4, -0.2) is 17.6 Å². The van der Waals surface area contributed by atoms with E-state index < -0.39 is 4.92 Å². The summed E-state index contributed by atoms with van der Waals surface area (Å²) in [5.41, 5.74) is 5.75. The number of hydrogen-bond donors (Lipinski definition) is 1. The first-order valence-electron chi connectivity index (χ1n) is 5.69. The first-order valence-corrected chi connectivity index (χ1v) is 5.69. The Bertz CT molecular complexity index is 504. The summed E-state index contributed by atoms with van der Waals surface area (Å²) in [6.45, 7) is 0.611. The first kappa shape index (κ1) is 12.3. The molecule has 1 aliphatic carbocycles. The number of ether oxygens (including phenoxy) is 1. The summed E-state index contributed by atoms with van der Waals surface area (Å²) in [7, 11) is 0. The molecule has 0 bridgehead atoms. The zero-order valence-electron chi connectivity index (χ0n) is 9.70. The van der Waals surface area contributed by atoms with Crippen molar-refractivity contribution < 1.29 is 9.66 Å². The van der Waals surface area contributed by atoms with Crippen molar-refractivity contribution in [3.63, 3.8) is 0 Å². The summed E-state index contributed by atoms with van der Waals surface area (Å²) in [6, 6.07) is 6.06. The highest BCUT2D eigenvalue weighted by Gasteiger charge is 2.31. The minimum atomic E-state index is -0.504. The number of nitriles is 1. The van der Waals surface area contributed by atoms with Crippen LogP contribution in [0.2, 0.25) is 0 Å². The molecule has 2 N–H and O–H groups in total. The molecular weight excluding hydrogens is 234 g/mol. The molecule has 0 radical (unpaired) electrons. The second-order valence-corrected chi connectivity index (χ2v) is 4.36. The molecule has 0 unspecified atom stereocenters. The predicted molar refractivity (Wildman–Crippen MR) is 64.0 cm³/mol. The molecule has 0 spiro atoms. The molecule has 6 nitrogen and oxygen atoms in total. The van der Waals surface area contributed by atoms with Crippen molar-refractivity contribution in [3.8, 4) is 11.8 Å². The fraction of sp³-hybridized carbons (Fsp3) is 0.417. The predicted octanol–water partition coefficient (Wildman–Crippen LogP) is 1.58. The van der Waals surface area contributed by atoms with Gasteiger partial charge in [0.2, 0.25) is 0 Å². The minimum absolute atomic E-state index is 0.0359. The maximum absolute atomic E-state index is 10.9. The molecule has 1 fully saturated rings. The second-order valence-electron chi connectivity index (χ2n) is 4.36. The van der Waals surface area contributed by atoms with Crippen molar-refractivity contribution in [2.45, 2.75) is 18.9 Å². The van der Waals surface area contributed by atoms with Gasteiger partial charge in [-0.2, -0.15) is 5.26 Å². The summed E-state index contributed by atoms with van der Waals surface area (Å²) in [5.74, 6) is 0.604. The van der Waals surface area contributed by atoms with Gasteiger partial charge in [0.1, 0.15) is 0 Å². The Morgan fingerprint density at radius 3 is 2.83 bits per heavy atom. The van der Waals surface area contributed by atoms with Crippen LogP contribution in [0.4, 0.5) is 5.69 Å². The van der Waals surface area contributed by atoms with Gasteiger partial charge >= 0.3 is 5.69 Å². The molecule has 2 rings (SSSR count). The third-order valence-corrected chi connectivity index (χ3v) is 3.11. The standard InChI is InChI=1S/C12H13N3O3/c13-6-8-1-2-11(15(16)17)12(5-8)18-10-3-9(4-10)7-14/h1-2,5,9-10H,3-4,7,14H2. The van der Waals surface area contributed by atoms with Gasteiger partial charge in [-0.1, -0.05) is 0 Å². The number of benzene rings is 1. The monoisotopic (exact) mass is 247 g/mol. The quantitative estimate of drug-likeness (QED) is 0.642. The van der Waals surface area contributed by atoms with Crippen LogP contribution in [0, 0.1) is 27.4 Å². The van der Waals surface area contributed by atoms with Crippen LogP contribution in [0.15, 0.2) is 18.2 Å². The lowest BCUT2D eigenvalue weighted by atomic mass is 9.82. The minimum Gasteiger partial charge on any atom is -0.483 e. The van der Waals surface area contributed by atoms with Crippen molar-refractivity contribution in [2.24, 2.45) is 11.7 Å². The van der Waals surface area contributed by atoms with E-state index in [4.69, 9.17) is 15.7 Å². The van der Waals surface area contributed by atoms with E-state index in [1.165, 1.54) is 18.2 Å². The van der Waals surface area contributed by atoms with E-state index in [2.05, 4.69) is 0 Å². The van der Waals surface area contributed by atoms with E-state index >= 15 is 0 Å². The van der Waals surface area contributed by atoms with E-state index in [0.29, 0.717) is 18.0 Å². The lowest BCUT2D eigenvalue weighted by Crippen LogP contribution is -2.37. The lowest BCUT2D eigenvalue weighted by molar-refractivity contribution is -0.386. The first-order chi connectivity index (χ1) is 8.63. The summed E-state index contributed by atoms with van der Waals surface area (Å²) >= 11 is 0. The van der Waals surface area contributed by atoms with Crippen molar-refractivity contribution in [1.82, 2.24) is 0 Å². The van der Waals surface area contributed by atoms with E-state index in [9.17, 15) is 10.1 Å². The highest BCUT2D eigenvalue weighted by molar-refractivity contribution is 5.51. The molecule has 1 aromatic carbocycles. The molecule has 94 valence electrons. The number of nitrogens with two attached hydrogens (primary N) is 1. The van der Waals surface area contributed by atoms with Crippen molar-refractivity contribution in [3.05, 3.63) is 33.9 Å². The summed E-state index contributed by atoms with van der Waals surface area (Å²) in [5, 5.41) is 19.6. The van der Waals surface area contributed by atoms with Gasteiger partial charge in [0, 0.05) is 12.1 Å². The third-order valence-electron chi connectivity index (χ3n) is 3.11. The number of nitrogens with zero attached hydrogens (tertiary/aromatic N) is 2. The van der Waals surface area contributed by atoms with Gasteiger partial charge in [0.05, 0.1) is 22.7 Å². The Kier molecular flexibility index (Phi) is 3.44. The van der Waals surface area contributed by atoms with Crippen molar-refractivity contribution >= 4 is 5.69 Å². The van der Waals surface area contributed by atoms with E-state index in [0.717, 1.165) is 12.8 Å². The second kappa shape index (κ2) is 5.02. The maximum atomic E-state index is 10.9. The van der Waals surface area contributed by atoms with Crippen LogP contribution in [0.1, 0.15) is 18.4 Å². The fourth-order valence-corrected chi connectivity index (χ4v) is 1.97. The van der Waals surface area contributed by atoms with Gasteiger partial charge < -0.3 is 10.5 Å². The van der Waals surface area contributed by atoms with Gasteiger partial charge in [-0.05, 0) is 31.4 Å². The third kappa shape index (κ3) is 2.41. The normalized spacial score (nSPS) is 21.8. The largest absolute Gasteiger partial charge is 0.483 e. The number of rotatable bonds is 4. The molecular formula is C12H13N3O3. The molecule has 0 atom stereocenters. The van der Waals surface area contributed by atoms with Gasteiger partial charge in [-0.15, -0.1) is 0 Å². The fourth-order valence-electron chi connectivity index (χ4n) is 1.97. The number of nitro groups is 1. The van der Waals surface area contributed by atoms with Crippen LogP contribution in [0.25, 0.3) is 0 Å². The van der Waals surface area contributed by atoms with Gasteiger partial charge in [0.25, 0.3) is 0 Å². The molecule has 1 saturated carbocycles. The number of hydrogen-bond acceptors (Lipinski definition) is 5. The topological polar surface area (TPSA) is 102 Å². The molecule has 0 heterocycles. The molecule has 1 aliphatic rings. The molecule has 6 heteroatoms. The van der Waals surface area contributed by atoms with E-state index in [1.807, 2.05) is 6.07 Å². The maximum Gasteiger partial charge on any atom is 0.311 e. The van der Waals surface area contributed by atoms with E-state index in [1.54, 1.807) is 0 Å². The molecule has 0 aromatic heterocycles. The SMILES string of the molecule is N#Cc1ccc([N+](=O)[O-])c(OC2CC(CN)C2)c1. The van der Waals surface area contributed by atoms with Gasteiger partial charge in [-0.25, -0.2) is 0 Å².